The highest BCUT2D eigenvalue weighted by molar-refractivity contribution is 9.10. The summed E-state index contributed by atoms with van der Waals surface area (Å²) in [5, 5.41) is 9.75. The average molecular weight is 486 g/mol. The maximum atomic E-state index is 12.2. The van der Waals surface area contributed by atoms with Crippen molar-refractivity contribution in [1.29, 1.82) is 0 Å². The van der Waals surface area contributed by atoms with Crippen LogP contribution in [0.5, 0.6) is 0 Å². The summed E-state index contributed by atoms with van der Waals surface area (Å²) >= 11 is 10.2. The number of thiocarbonyl (C=S) groups is 1. The van der Waals surface area contributed by atoms with Crippen molar-refractivity contribution in [1.82, 2.24) is 0 Å². The fraction of sp³-hybridized carbons (Fsp3) is 0.0909. The molecule has 148 valence electrons. The van der Waals surface area contributed by atoms with Crippen LogP contribution in [0, 0.1) is 6.92 Å². The smallest absolute Gasteiger partial charge is 0.234 e. The van der Waals surface area contributed by atoms with Gasteiger partial charge in [-0.2, -0.15) is 0 Å². The third-order valence-electron chi connectivity index (χ3n) is 3.90. The minimum absolute atomic E-state index is 0.0488. The van der Waals surface area contributed by atoms with Crippen LogP contribution < -0.4 is 16.0 Å². The van der Waals surface area contributed by atoms with E-state index < -0.39 is 0 Å². The molecule has 0 aliphatic rings. The van der Waals surface area contributed by atoms with Crippen molar-refractivity contribution in [2.75, 3.05) is 21.7 Å². The monoisotopic (exact) mass is 485 g/mol. The van der Waals surface area contributed by atoms with Crippen LogP contribution in [0.15, 0.2) is 82.2 Å². The van der Waals surface area contributed by atoms with Crippen LogP contribution in [0.25, 0.3) is 0 Å². The Labute approximate surface area is 188 Å². The van der Waals surface area contributed by atoms with Gasteiger partial charge in [-0.3, -0.25) is 4.79 Å². The molecule has 29 heavy (non-hydrogen) atoms. The second-order valence-corrected chi connectivity index (χ2v) is 8.69. The highest BCUT2D eigenvalue weighted by Crippen LogP contribution is 2.22. The van der Waals surface area contributed by atoms with Crippen LogP contribution in [0.2, 0.25) is 0 Å². The fourth-order valence-corrected chi connectivity index (χ4v) is 3.73. The molecule has 0 saturated carbocycles. The van der Waals surface area contributed by atoms with Gasteiger partial charge in [0.1, 0.15) is 0 Å². The number of aryl methyl sites for hydroxylation is 1. The van der Waals surface area contributed by atoms with Crippen LogP contribution in [0.3, 0.4) is 0 Å². The van der Waals surface area contributed by atoms with Crippen molar-refractivity contribution in [2.45, 2.75) is 11.8 Å². The number of carbonyl (C=O) groups is 1. The topological polar surface area (TPSA) is 53.2 Å². The van der Waals surface area contributed by atoms with Gasteiger partial charge in [0.25, 0.3) is 0 Å². The molecule has 1 amide bonds. The van der Waals surface area contributed by atoms with E-state index in [1.54, 1.807) is 0 Å². The lowest BCUT2D eigenvalue weighted by Gasteiger charge is -2.12. The summed E-state index contributed by atoms with van der Waals surface area (Å²) in [6.45, 7) is 2.04. The Hall–Kier alpha value is -2.35. The van der Waals surface area contributed by atoms with Crippen LogP contribution in [-0.4, -0.2) is 16.8 Å². The Morgan fingerprint density at radius 1 is 0.897 bits per heavy atom. The van der Waals surface area contributed by atoms with Crippen molar-refractivity contribution in [3.8, 4) is 0 Å². The van der Waals surface area contributed by atoms with Crippen molar-refractivity contribution in [3.63, 3.8) is 0 Å². The normalized spacial score (nSPS) is 10.3. The molecule has 7 heteroatoms. The van der Waals surface area contributed by atoms with Crippen molar-refractivity contribution in [2.24, 2.45) is 0 Å². The maximum Gasteiger partial charge on any atom is 0.234 e. The van der Waals surface area contributed by atoms with E-state index in [2.05, 4.69) is 31.9 Å². The Balaban J connectivity index is 1.50. The number of hydrogen-bond donors (Lipinski definition) is 3. The van der Waals surface area contributed by atoms with E-state index in [0.29, 0.717) is 10.9 Å². The summed E-state index contributed by atoms with van der Waals surface area (Å²) < 4.78 is 0.976. The molecule has 0 saturated heterocycles. The Morgan fingerprint density at radius 3 is 2.24 bits per heavy atom. The highest BCUT2D eigenvalue weighted by Gasteiger charge is 2.05. The number of halogens is 1. The summed E-state index contributed by atoms with van der Waals surface area (Å²) in [6, 6.07) is 23.4. The quantitative estimate of drug-likeness (QED) is 0.282. The number of carbonyl (C=O) groups excluding carboxylic acids is 1. The van der Waals surface area contributed by atoms with Gasteiger partial charge in [-0.1, -0.05) is 39.7 Å². The molecule has 3 rings (SSSR count). The zero-order valence-corrected chi connectivity index (χ0v) is 19.0. The van der Waals surface area contributed by atoms with Gasteiger partial charge in [-0.15, -0.1) is 11.8 Å². The van der Waals surface area contributed by atoms with E-state index in [-0.39, 0.29) is 5.91 Å². The fourth-order valence-electron chi connectivity index (χ4n) is 2.47. The van der Waals surface area contributed by atoms with Gasteiger partial charge in [0.05, 0.1) is 5.75 Å². The molecule has 0 radical (unpaired) electrons. The van der Waals surface area contributed by atoms with Crippen molar-refractivity contribution in [3.05, 3.63) is 82.8 Å². The zero-order valence-electron chi connectivity index (χ0n) is 15.7. The number of anilines is 3. The molecule has 0 spiro atoms. The lowest BCUT2D eigenvalue weighted by Crippen LogP contribution is -2.19. The third kappa shape index (κ3) is 7.20. The van der Waals surface area contributed by atoms with Crippen LogP contribution >= 0.6 is 39.9 Å². The molecule has 0 atom stereocenters. The molecule has 0 heterocycles. The second-order valence-electron chi connectivity index (χ2n) is 6.32. The van der Waals surface area contributed by atoms with Crippen molar-refractivity contribution < 1.29 is 4.79 Å². The maximum absolute atomic E-state index is 12.2. The molecule has 0 bridgehead atoms. The average Bonchev–Trinajstić information content (AvgIpc) is 2.70. The largest absolute Gasteiger partial charge is 0.332 e. The molecular weight excluding hydrogens is 466 g/mol. The molecule has 0 aliphatic carbocycles. The minimum atomic E-state index is -0.0488. The van der Waals surface area contributed by atoms with E-state index in [0.717, 1.165) is 26.4 Å². The standard InChI is InChI=1S/C22H20BrN3OS2/c1-15-5-9-18(10-6-15)25-22(28)26-19-3-2-4-20(13-19)29-14-21(27)24-17-11-7-16(23)8-12-17/h2-13H,14H2,1H3,(H,24,27)(H2,25,26,28). The van der Waals surface area contributed by atoms with Gasteiger partial charge in [-0.25, -0.2) is 0 Å². The number of nitrogens with one attached hydrogen (secondary N) is 3. The molecular formula is C22H20BrN3OS2. The minimum Gasteiger partial charge on any atom is -0.332 e. The molecule has 0 unspecified atom stereocenters. The van der Waals surface area contributed by atoms with E-state index in [1.165, 1.54) is 17.3 Å². The zero-order chi connectivity index (χ0) is 20.6. The predicted molar refractivity (Wildman–Crippen MR) is 131 cm³/mol. The highest BCUT2D eigenvalue weighted by atomic mass is 79.9. The summed E-state index contributed by atoms with van der Waals surface area (Å²) in [5.74, 6) is 0.276. The summed E-state index contributed by atoms with van der Waals surface area (Å²) in [6.07, 6.45) is 0. The summed E-state index contributed by atoms with van der Waals surface area (Å²) in [7, 11) is 0. The first-order valence-corrected chi connectivity index (χ1v) is 11.1. The molecule has 3 aromatic rings. The number of amides is 1. The van der Waals surface area contributed by atoms with Gasteiger partial charge >= 0.3 is 0 Å². The first-order chi connectivity index (χ1) is 14.0. The lowest BCUT2D eigenvalue weighted by atomic mass is 10.2. The van der Waals surface area contributed by atoms with Gasteiger partial charge in [0, 0.05) is 26.4 Å². The SMILES string of the molecule is Cc1ccc(NC(=S)Nc2cccc(SCC(=O)Nc3ccc(Br)cc3)c2)cc1. The van der Waals surface area contributed by atoms with Gasteiger partial charge in [-0.05, 0) is 73.7 Å². The first-order valence-electron chi connectivity index (χ1n) is 8.91. The molecule has 3 aromatic carbocycles. The van der Waals surface area contributed by atoms with Crippen molar-refractivity contribution >= 4 is 68.0 Å². The van der Waals surface area contributed by atoms with Crippen LogP contribution in [0.1, 0.15) is 5.56 Å². The number of thioether (sulfide) groups is 1. The molecule has 3 N–H and O–H groups in total. The number of benzene rings is 3. The van der Waals surface area contributed by atoms with E-state index in [4.69, 9.17) is 12.2 Å². The second kappa shape index (κ2) is 10.4. The van der Waals surface area contributed by atoms with Gasteiger partial charge in [0.2, 0.25) is 5.91 Å². The Bertz CT molecular complexity index is 992. The van der Waals surface area contributed by atoms with E-state index >= 15 is 0 Å². The number of rotatable bonds is 6. The molecule has 0 aromatic heterocycles. The summed E-state index contributed by atoms with van der Waals surface area (Å²) in [5.41, 5.74) is 3.78. The van der Waals surface area contributed by atoms with Crippen LogP contribution in [0.4, 0.5) is 17.1 Å². The predicted octanol–water partition coefficient (Wildman–Crippen LogP) is 6.30. The Kier molecular flexibility index (Phi) is 7.69. The van der Waals surface area contributed by atoms with Gasteiger partial charge in [0.15, 0.2) is 5.11 Å². The van der Waals surface area contributed by atoms with E-state index in [9.17, 15) is 4.79 Å². The lowest BCUT2D eigenvalue weighted by molar-refractivity contribution is -0.113. The molecule has 0 aliphatic heterocycles. The van der Waals surface area contributed by atoms with Crippen LogP contribution in [-0.2, 0) is 4.79 Å². The van der Waals surface area contributed by atoms with Gasteiger partial charge < -0.3 is 16.0 Å². The van der Waals surface area contributed by atoms with E-state index in [1.807, 2.05) is 79.7 Å². The first kappa shape index (κ1) is 21.4. The Morgan fingerprint density at radius 2 is 1.52 bits per heavy atom. The summed E-state index contributed by atoms with van der Waals surface area (Å²) in [4.78, 5) is 13.2. The molecule has 0 fully saturated rings. The number of hydrogen-bond acceptors (Lipinski definition) is 3. The third-order valence-corrected chi connectivity index (χ3v) is 5.63. The molecule has 4 nitrogen and oxygen atoms in total.